The molecule has 3 rings (SSSR count). The number of amides is 1. The summed E-state index contributed by atoms with van der Waals surface area (Å²) in [5, 5.41) is 2.24. The van der Waals surface area contributed by atoms with E-state index in [1.807, 2.05) is 42.3 Å². The highest BCUT2D eigenvalue weighted by molar-refractivity contribution is 5.91. The molecule has 1 aliphatic rings. The minimum atomic E-state index is 0.180. The number of rotatable bonds is 5. The van der Waals surface area contributed by atoms with Crippen molar-refractivity contribution < 1.29 is 9.53 Å². The number of ether oxygens (including phenoxy) is 1. The molecule has 1 saturated heterocycles. The minimum Gasteiger partial charge on any atom is -0.497 e. The van der Waals surface area contributed by atoms with Gasteiger partial charge in [-0.1, -0.05) is 24.3 Å². The van der Waals surface area contributed by atoms with Gasteiger partial charge in [-0.25, -0.2) is 0 Å². The lowest BCUT2D eigenvalue weighted by molar-refractivity contribution is -0.129. The van der Waals surface area contributed by atoms with E-state index < -0.39 is 0 Å². The Balaban J connectivity index is 1.72. The van der Waals surface area contributed by atoms with Crippen LogP contribution in [0.15, 0.2) is 36.4 Å². The lowest BCUT2D eigenvalue weighted by Crippen LogP contribution is -2.33. The van der Waals surface area contributed by atoms with Crippen molar-refractivity contribution in [2.45, 2.75) is 12.8 Å². The van der Waals surface area contributed by atoms with E-state index in [2.05, 4.69) is 18.0 Å². The Hall–Kier alpha value is -2.07. The van der Waals surface area contributed by atoms with E-state index in [-0.39, 0.29) is 5.91 Å². The van der Waals surface area contributed by atoms with Gasteiger partial charge in [0.2, 0.25) is 5.91 Å². The highest BCUT2D eigenvalue weighted by Crippen LogP contribution is 2.25. The maximum atomic E-state index is 12.7. The third-order valence-corrected chi connectivity index (χ3v) is 4.97. The maximum absolute atomic E-state index is 12.7. The molecule has 0 unspecified atom stereocenters. The van der Waals surface area contributed by atoms with Gasteiger partial charge < -0.3 is 14.5 Å². The summed E-state index contributed by atoms with van der Waals surface area (Å²) >= 11 is 0. The van der Waals surface area contributed by atoms with Crippen LogP contribution in [0.3, 0.4) is 0 Å². The van der Waals surface area contributed by atoms with Crippen LogP contribution in [-0.4, -0.2) is 56.5 Å². The standard InChI is InChI=1S/C20H26N2O2/c1-21-10-9-15(13-21)14-22(2)20(23)11-17-6-4-5-16-7-8-18(24-3)12-19(16)17/h4-8,12,15H,9-11,13-14H2,1-3H3/t15-/m0/s1. The molecule has 0 radical (unpaired) electrons. The summed E-state index contributed by atoms with van der Waals surface area (Å²) in [4.78, 5) is 16.9. The van der Waals surface area contributed by atoms with E-state index in [1.165, 1.54) is 6.42 Å². The Bertz CT molecular complexity index is 729. The molecule has 4 nitrogen and oxygen atoms in total. The van der Waals surface area contributed by atoms with Crippen LogP contribution in [-0.2, 0) is 11.2 Å². The van der Waals surface area contributed by atoms with E-state index in [9.17, 15) is 4.79 Å². The van der Waals surface area contributed by atoms with Crippen LogP contribution in [0.1, 0.15) is 12.0 Å². The molecule has 1 amide bonds. The quantitative estimate of drug-likeness (QED) is 0.847. The number of methoxy groups -OCH3 is 1. The van der Waals surface area contributed by atoms with Crippen LogP contribution in [0.2, 0.25) is 0 Å². The number of benzene rings is 2. The van der Waals surface area contributed by atoms with Gasteiger partial charge in [0, 0.05) is 20.1 Å². The van der Waals surface area contributed by atoms with Gasteiger partial charge in [0.25, 0.3) is 0 Å². The normalized spacial score (nSPS) is 18.0. The van der Waals surface area contributed by atoms with Crippen molar-refractivity contribution in [2.24, 2.45) is 5.92 Å². The van der Waals surface area contributed by atoms with Crippen LogP contribution in [0.5, 0.6) is 5.75 Å². The maximum Gasteiger partial charge on any atom is 0.226 e. The zero-order valence-corrected chi connectivity index (χ0v) is 14.8. The number of carbonyl (C=O) groups is 1. The topological polar surface area (TPSA) is 32.8 Å². The number of hydrogen-bond donors (Lipinski definition) is 0. The van der Waals surface area contributed by atoms with E-state index in [0.29, 0.717) is 12.3 Å². The predicted molar refractivity (Wildman–Crippen MR) is 97.4 cm³/mol. The monoisotopic (exact) mass is 326 g/mol. The second-order valence-electron chi connectivity index (χ2n) is 6.87. The number of hydrogen-bond acceptors (Lipinski definition) is 3. The Kier molecular flexibility index (Phi) is 5.05. The Labute approximate surface area is 144 Å². The van der Waals surface area contributed by atoms with Crippen LogP contribution in [0.25, 0.3) is 10.8 Å². The summed E-state index contributed by atoms with van der Waals surface area (Å²) in [6, 6.07) is 12.1. The molecule has 0 saturated carbocycles. The van der Waals surface area contributed by atoms with E-state index in [1.54, 1.807) is 7.11 Å². The van der Waals surface area contributed by atoms with Crippen molar-refractivity contribution in [3.05, 3.63) is 42.0 Å². The first-order valence-corrected chi connectivity index (χ1v) is 8.55. The predicted octanol–water partition coefficient (Wildman–Crippen LogP) is 2.80. The molecule has 2 aromatic rings. The van der Waals surface area contributed by atoms with E-state index in [0.717, 1.165) is 41.7 Å². The van der Waals surface area contributed by atoms with Gasteiger partial charge in [-0.15, -0.1) is 0 Å². The number of carbonyl (C=O) groups excluding carboxylic acids is 1. The highest BCUT2D eigenvalue weighted by atomic mass is 16.5. The number of likely N-dealkylation sites (tertiary alicyclic amines) is 1. The van der Waals surface area contributed by atoms with E-state index >= 15 is 0 Å². The summed E-state index contributed by atoms with van der Waals surface area (Å²) in [7, 11) is 5.74. The molecule has 128 valence electrons. The van der Waals surface area contributed by atoms with Crippen molar-refractivity contribution >= 4 is 16.7 Å². The van der Waals surface area contributed by atoms with Crippen LogP contribution in [0.4, 0.5) is 0 Å². The number of likely N-dealkylation sites (N-methyl/N-ethyl adjacent to an activating group) is 1. The third kappa shape index (κ3) is 3.70. The molecule has 1 heterocycles. The SMILES string of the molecule is COc1ccc2cccc(CC(=O)N(C)C[C@H]3CCN(C)C3)c2c1. The number of fused-ring (bicyclic) bond motifs is 1. The average molecular weight is 326 g/mol. The fourth-order valence-electron chi connectivity index (χ4n) is 3.56. The minimum absolute atomic E-state index is 0.180. The molecule has 0 aromatic heterocycles. The Morgan fingerprint density at radius 1 is 1.33 bits per heavy atom. The molecule has 1 fully saturated rings. The second-order valence-corrected chi connectivity index (χ2v) is 6.87. The molecule has 0 bridgehead atoms. The van der Waals surface area contributed by atoms with Gasteiger partial charge in [-0.05, 0) is 54.4 Å². The molecule has 1 atom stereocenters. The van der Waals surface area contributed by atoms with Crippen molar-refractivity contribution in [1.29, 1.82) is 0 Å². The van der Waals surface area contributed by atoms with E-state index in [4.69, 9.17) is 4.74 Å². The van der Waals surface area contributed by atoms with Gasteiger partial charge in [0.05, 0.1) is 13.5 Å². The molecule has 1 aliphatic heterocycles. The van der Waals surface area contributed by atoms with Gasteiger partial charge in [0.15, 0.2) is 0 Å². The molecule has 0 aliphatic carbocycles. The molecule has 2 aromatic carbocycles. The summed E-state index contributed by atoms with van der Waals surface area (Å²) in [5.74, 6) is 1.60. The summed E-state index contributed by atoms with van der Waals surface area (Å²) in [5.41, 5.74) is 1.06. The summed E-state index contributed by atoms with van der Waals surface area (Å²) in [6.07, 6.45) is 1.61. The zero-order valence-electron chi connectivity index (χ0n) is 14.8. The molecule has 4 heteroatoms. The first-order valence-electron chi connectivity index (χ1n) is 8.55. The second kappa shape index (κ2) is 7.22. The van der Waals surface area contributed by atoms with Crippen LogP contribution < -0.4 is 4.74 Å². The van der Waals surface area contributed by atoms with Crippen molar-refractivity contribution in [2.75, 3.05) is 40.8 Å². The van der Waals surface area contributed by atoms with Gasteiger partial charge in [-0.3, -0.25) is 4.79 Å². The van der Waals surface area contributed by atoms with Crippen molar-refractivity contribution in [3.8, 4) is 5.75 Å². The van der Waals surface area contributed by atoms with Crippen molar-refractivity contribution in [1.82, 2.24) is 9.80 Å². The van der Waals surface area contributed by atoms with Crippen molar-refractivity contribution in [3.63, 3.8) is 0 Å². The lowest BCUT2D eigenvalue weighted by Gasteiger charge is -2.21. The first kappa shape index (κ1) is 16.8. The lowest BCUT2D eigenvalue weighted by atomic mass is 10.0. The average Bonchev–Trinajstić information content (AvgIpc) is 2.99. The van der Waals surface area contributed by atoms with Crippen LogP contribution in [0, 0.1) is 5.92 Å². The Morgan fingerprint density at radius 2 is 2.17 bits per heavy atom. The molecule has 0 spiro atoms. The van der Waals surface area contributed by atoms with Gasteiger partial charge in [-0.2, -0.15) is 0 Å². The third-order valence-electron chi connectivity index (χ3n) is 4.97. The smallest absolute Gasteiger partial charge is 0.226 e. The summed E-state index contributed by atoms with van der Waals surface area (Å²) in [6.45, 7) is 3.07. The summed E-state index contributed by atoms with van der Waals surface area (Å²) < 4.78 is 5.33. The molecule has 0 N–H and O–H groups in total. The molecular formula is C20H26N2O2. The van der Waals surface area contributed by atoms with Gasteiger partial charge >= 0.3 is 0 Å². The molecular weight excluding hydrogens is 300 g/mol. The zero-order chi connectivity index (χ0) is 17.1. The fraction of sp³-hybridized carbons (Fsp3) is 0.450. The first-order chi connectivity index (χ1) is 11.6. The number of nitrogens with zero attached hydrogens (tertiary/aromatic N) is 2. The Morgan fingerprint density at radius 3 is 2.88 bits per heavy atom. The van der Waals surface area contributed by atoms with Crippen LogP contribution >= 0.6 is 0 Å². The molecule has 24 heavy (non-hydrogen) atoms. The largest absolute Gasteiger partial charge is 0.497 e. The highest BCUT2D eigenvalue weighted by Gasteiger charge is 2.22. The fourth-order valence-corrected chi connectivity index (χ4v) is 3.56. The van der Waals surface area contributed by atoms with Gasteiger partial charge in [0.1, 0.15) is 5.75 Å².